The number of aliphatic hydroxyl groups excluding tert-OH is 1. The van der Waals surface area contributed by atoms with Crippen molar-refractivity contribution in [2.24, 2.45) is 0 Å². The molecule has 1 unspecified atom stereocenters. The number of alkyl halides is 3. The van der Waals surface area contributed by atoms with E-state index < -0.39 is 28.1 Å². The maximum atomic E-state index is 12.2. The summed E-state index contributed by atoms with van der Waals surface area (Å²) in [5.41, 5.74) is 1.23. The van der Waals surface area contributed by atoms with E-state index in [0.717, 1.165) is 29.5 Å². The summed E-state index contributed by atoms with van der Waals surface area (Å²) in [7, 11) is -4.67. The van der Waals surface area contributed by atoms with Crippen LogP contribution in [0.2, 0.25) is 0 Å². The van der Waals surface area contributed by atoms with Crippen LogP contribution in [-0.4, -0.2) is 52.0 Å². The Kier molecular flexibility index (Phi) is 9.29. The molecule has 1 aliphatic heterocycles. The van der Waals surface area contributed by atoms with E-state index in [1.54, 1.807) is 24.3 Å². The predicted octanol–water partition coefficient (Wildman–Crippen LogP) is 2.94. The number of carbonyl (C=O) groups excluding carboxylic acids is 2. The van der Waals surface area contributed by atoms with Gasteiger partial charge in [0.25, 0.3) is 5.24 Å². The Labute approximate surface area is 195 Å². The molecule has 2 aromatic rings. The second-order valence-corrected chi connectivity index (χ2v) is 8.69. The summed E-state index contributed by atoms with van der Waals surface area (Å²) in [6.07, 6.45) is -5.41. The molecule has 0 radical (unpaired) electrons. The Balaban J connectivity index is 0.000000739. The summed E-state index contributed by atoms with van der Waals surface area (Å²) >= 11 is 0.953. The monoisotopic (exact) mass is 525 g/mol. The standard InChI is InChI=1S/C19H16F3NO5S.H2O4S/c20-19(21,22)28-14-7-3-12(4-8-14)15(24)10-27-13-5-1-11(2-6-13)9-16-17(25)23-18(26)29-16;1-5(2,3)4/h1-8,15-16,24H,9-10H2,(H,23,25,26);(H2,1,2,3,4)/t15-,16?;/m0./s1. The fraction of sp³-hybridized carbons (Fsp3) is 0.263. The van der Waals surface area contributed by atoms with E-state index in [2.05, 4.69) is 10.1 Å². The molecule has 1 heterocycles. The average molecular weight is 525 g/mol. The lowest BCUT2D eigenvalue weighted by Crippen LogP contribution is -2.25. The molecular weight excluding hydrogens is 507 g/mol. The number of amides is 2. The van der Waals surface area contributed by atoms with Crippen molar-refractivity contribution in [1.82, 2.24) is 5.32 Å². The summed E-state index contributed by atoms with van der Waals surface area (Å²) in [6, 6.07) is 11.7. The summed E-state index contributed by atoms with van der Waals surface area (Å²) in [5.74, 6) is -0.208. The van der Waals surface area contributed by atoms with Gasteiger partial charge >= 0.3 is 16.8 Å². The largest absolute Gasteiger partial charge is 0.573 e. The molecule has 2 amide bonds. The number of nitrogens with one attached hydrogen (secondary N) is 1. The number of aliphatic hydroxyl groups is 1. The van der Waals surface area contributed by atoms with E-state index >= 15 is 0 Å². The molecular formula is C19H18F3NO9S2. The van der Waals surface area contributed by atoms with E-state index in [4.69, 9.17) is 22.3 Å². The SMILES string of the molecule is O=C1NC(=O)C(Cc2ccc(OC[C@H](O)c3ccc(OC(F)(F)F)cc3)cc2)S1.O=S(=O)(O)O. The highest BCUT2D eigenvalue weighted by molar-refractivity contribution is 8.15. The van der Waals surface area contributed by atoms with Crippen LogP contribution in [0.25, 0.3) is 0 Å². The Morgan fingerprint density at radius 2 is 1.53 bits per heavy atom. The number of halogens is 3. The molecule has 1 fully saturated rings. The Morgan fingerprint density at radius 1 is 1.00 bits per heavy atom. The molecule has 0 aromatic heterocycles. The average Bonchev–Trinajstić information content (AvgIpc) is 3.02. The van der Waals surface area contributed by atoms with Crippen LogP contribution >= 0.6 is 11.8 Å². The number of hydrogen-bond donors (Lipinski definition) is 4. The maximum Gasteiger partial charge on any atom is 0.573 e. The molecule has 0 spiro atoms. The fourth-order valence-corrected chi connectivity index (χ4v) is 3.49. The van der Waals surface area contributed by atoms with Crippen molar-refractivity contribution in [3.63, 3.8) is 0 Å². The third-order valence-corrected chi connectivity index (χ3v) is 5.00. The van der Waals surface area contributed by atoms with Gasteiger partial charge in [-0.2, -0.15) is 8.42 Å². The number of carbonyl (C=O) groups is 2. The topological polar surface area (TPSA) is 159 Å². The van der Waals surface area contributed by atoms with Crippen molar-refractivity contribution in [2.45, 2.75) is 24.1 Å². The van der Waals surface area contributed by atoms with Crippen LogP contribution in [-0.2, 0) is 21.6 Å². The second-order valence-electron chi connectivity index (χ2n) is 6.62. The maximum absolute atomic E-state index is 12.2. The smallest absolute Gasteiger partial charge is 0.491 e. The molecule has 1 aliphatic rings. The predicted molar refractivity (Wildman–Crippen MR) is 113 cm³/mol. The molecule has 186 valence electrons. The first-order valence-electron chi connectivity index (χ1n) is 9.16. The molecule has 2 atom stereocenters. The van der Waals surface area contributed by atoms with Crippen LogP contribution in [0.4, 0.5) is 18.0 Å². The number of imide groups is 1. The van der Waals surface area contributed by atoms with E-state index in [1.807, 2.05) is 0 Å². The van der Waals surface area contributed by atoms with Crippen molar-refractivity contribution >= 4 is 33.3 Å². The second kappa shape index (κ2) is 11.5. The molecule has 3 rings (SSSR count). The molecule has 0 saturated carbocycles. The van der Waals surface area contributed by atoms with Gasteiger partial charge in [0.15, 0.2) is 0 Å². The molecule has 0 aliphatic carbocycles. The Bertz CT molecular complexity index is 1080. The van der Waals surface area contributed by atoms with Gasteiger partial charge in [0.05, 0.1) is 5.25 Å². The van der Waals surface area contributed by atoms with E-state index in [1.165, 1.54) is 12.1 Å². The molecule has 2 aromatic carbocycles. The summed E-state index contributed by atoms with van der Waals surface area (Å²) in [5, 5.41) is 11.6. The van der Waals surface area contributed by atoms with Gasteiger partial charge in [-0.1, -0.05) is 36.0 Å². The number of thioether (sulfide) groups is 1. The first-order chi connectivity index (χ1) is 15.7. The van der Waals surface area contributed by atoms with Crippen molar-refractivity contribution in [3.05, 3.63) is 59.7 Å². The number of ether oxygens (including phenoxy) is 2. The fourth-order valence-electron chi connectivity index (χ4n) is 2.63. The number of rotatable bonds is 7. The lowest BCUT2D eigenvalue weighted by molar-refractivity contribution is -0.274. The lowest BCUT2D eigenvalue weighted by Gasteiger charge is -2.14. The molecule has 34 heavy (non-hydrogen) atoms. The van der Waals surface area contributed by atoms with Crippen LogP contribution in [0, 0.1) is 0 Å². The van der Waals surface area contributed by atoms with Gasteiger partial charge < -0.3 is 14.6 Å². The van der Waals surface area contributed by atoms with Gasteiger partial charge in [-0.05, 0) is 41.8 Å². The van der Waals surface area contributed by atoms with E-state index in [0.29, 0.717) is 17.7 Å². The molecule has 4 N–H and O–H groups in total. The van der Waals surface area contributed by atoms with Crippen LogP contribution < -0.4 is 14.8 Å². The lowest BCUT2D eigenvalue weighted by atomic mass is 10.1. The Morgan fingerprint density at radius 3 is 2.00 bits per heavy atom. The number of benzene rings is 2. The van der Waals surface area contributed by atoms with Crippen molar-refractivity contribution in [1.29, 1.82) is 0 Å². The van der Waals surface area contributed by atoms with Crippen LogP contribution in [0.1, 0.15) is 17.2 Å². The highest BCUT2D eigenvalue weighted by atomic mass is 32.3. The van der Waals surface area contributed by atoms with Gasteiger partial charge in [0.2, 0.25) is 5.91 Å². The van der Waals surface area contributed by atoms with Gasteiger partial charge in [0, 0.05) is 0 Å². The van der Waals surface area contributed by atoms with Crippen molar-refractivity contribution < 1.29 is 54.9 Å². The normalized spacial score (nSPS) is 16.8. The quantitative estimate of drug-likeness (QED) is 0.396. The van der Waals surface area contributed by atoms with E-state index in [9.17, 15) is 27.9 Å². The molecule has 0 bridgehead atoms. The van der Waals surface area contributed by atoms with E-state index in [-0.39, 0.29) is 23.5 Å². The zero-order chi connectivity index (χ0) is 25.5. The third-order valence-electron chi connectivity index (χ3n) is 4.02. The minimum absolute atomic E-state index is 0.103. The zero-order valence-electron chi connectivity index (χ0n) is 16.9. The van der Waals surface area contributed by atoms with Crippen LogP contribution in [0.5, 0.6) is 11.5 Å². The first-order valence-corrected chi connectivity index (χ1v) is 11.4. The first kappa shape index (κ1) is 27.4. The van der Waals surface area contributed by atoms with Crippen molar-refractivity contribution in [2.75, 3.05) is 6.61 Å². The molecule has 1 saturated heterocycles. The highest BCUT2D eigenvalue weighted by Gasteiger charge is 2.32. The summed E-state index contributed by atoms with van der Waals surface area (Å²) in [6.45, 7) is -0.103. The Hall–Kier alpha value is -2.85. The summed E-state index contributed by atoms with van der Waals surface area (Å²) in [4.78, 5) is 22.8. The van der Waals surface area contributed by atoms with Crippen LogP contribution in [0.15, 0.2) is 48.5 Å². The van der Waals surface area contributed by atoms with Crippen LogP contribution in [0.3, 0.4) is 0 Å². The highest BCUT2D eigenvalue weighted by Crippen LogP contribution is 2.26. The van der Waals surface area contributed by atoms with Gasteiger partial charge in [-0.25, -0.2) is 0 Å². The molecule has 10 nitrogen and oxygen atoms in total. The van der Waals surface area contributed by atoms with Gasteiger partial charge in [-0.15, -0.1) is 13.2 Å². The minimum Gasteiger partial charge on any atom is -0.491 e. The summed E-state index contributed by atoms with van der Waals surface area (Å²) < 4.78 is 77.3. The van der Waals surface area contributed by atoms with Gasteiger partial charge in [0.1, 0.15) is 24.2 Å². The third kappa shape index (κ3) is 10.4. The number of hydrogen-bond acceptors (Lipinski definition) is 8. The molecule has 15 heteroatoms. The zero-order valence-corrected chi connectivity index (χ0v) is 18.6. The minimum atomic E-state index is -4.77. The van der Waals surface area contributed by atoms with Crippen molar-refractivity contribution in [3.8, 4) is 11.5 Å². The van der Waals surface area contributed by atoms with Gasteiger partial charge in [-0.3, -0.25) is 24.0 Å².